The van der Waals surface area contributed by atoms with Crippen molar-refractivity contribution in [2.45, 2.75) is 58.7 Å². The number of hydrogen-bond donors (Lipinski definition) is 1. The predicted octanol–water partition coefficient (Wildman–Crippen LogP) is 5.26. The van der Waals surface area contributed by atoms with Crippen molar-refractivity contribution in [1.29, 1.82) is 0 Å². The first-order chi connectivity index (χ1) is 13.8. The first-order valence-electron chi connectivity index (χ1n) is 9.93. The SMILES string of the molecule is CCC(=O)N(Cc1ccc(Cl)c(Cl)c1)[C@@H](Cc1ccccc1)C(=O)N[C@@H](C)CC. The Balaban J connectivity index is 2.37. The molecular weight excluding hydrogens is 407 g/mol. The van der Waals surface area contributed by atoms with Crippen LogP contribution < -0.4 is 5.32 Å². The molecule has 0 spiro atoms. The van der Waals surface area contributed by atoms with Crippen LogP contribution in [0.4, 0.5) is 0 Å². The number of benzene rings is 2. The van der Waals surface area contributed by atoms with Gasteiger partial charge in [0.1, 0.15) is 6.04 Å². The zero-order chi connectivity index (χ0) is 21.4. The molecule has 0 radical (unpaired) electrons. The Morgan fingerprint density at radius 3 is 2.28 bits per heavy atom. The number of nitrogens with one attached hydrogen (secondary N) is 1. The van der Waals surface area contributed by atoms with E-state index in [1.54, 1.807) is 24.0 Å². The average Bonchev–Trinajstić information content (AvgIpc) is 2.73. The standard InChI is InChI=1S/C23H28Cl2N2O2/c1-4-16(3)26-23(29)21(14-17-9-7-6-8-10-17)27(22(28)5-2)15-18-11-12-19(24)20(25)13-18/h6-13,16,21H,4-5,14-15H2,1-3H3,(H,26,29)/t16-,21-/m0/s1. The van der Waals surface area contributed by atoms with Crippen molar-refractivity contribution in [2.75, 3.05) is 0 Å². The van der Waals surface area contributed by atoms with E-state index in [-0.39, 0.29) is 24.4 Å². The molecule has 4 nitrogen and oxygen atoms in total. The summed E-state index contributed by atoms with van der Waals surface area (Å²) in [6.07, 6.45) is 1.57. The molecule has 0 saturated heterocycles. The van der Waals surface area contributed by atoms with Crippen molar-refractivity contribution in [3.8, 4) is 0 Å². The average molecular weight is 435 g/mol. The van der Waals surface area contributed by atoms with Gasteiger partial charge < -0.3 is 10.2 Å². The fourth-order valence-electron chi connectivity index (χ4n) is 3.03. The number of carbonyl (C=O) groups is 2. The largest absolute Gasteiger partial charge is 0.352 e. The van der Waals surface area contributed by atoms with E-state index in [9.17, 15) is 9.59 Å². The van der Waals surface area contributed by atoms with Gasteiger partial charge in [0.05, 0.1) is 10.0 Å². The van der Waals surface area contributed by atoms with Crippen molar-refractivity contribution >= 4 is 35.0 Å². The van der Waals surface area contributed by atoms with Crippen LogP contribution >= 0.6 is 23.2 Å². The van der Waals surface area contributed by atoms with E-state index < -0.39 is 6.04 Å². The van der Waals surface area contributed by atoms with E-state index in [1.807, 2.05) is 50.2 Å². The lowest BCUT2D eigenvalue weighted by Crippen LogP contribution is -2.52. The van der Waals surface area contributed by atoms with Crippen LogP contribution in [0.1, 0.15) is 44.7 Å². The Morgan fingerprint density at radius 1 is 1.00 bits per heavy atom. The predicted molar refractivity (Wildman–Crippen MR) is 119 cm³/mol. The van der Waals surface area contributed by atoms with Crippen LogP contribution in [0.15, 0.2) is 48.5 Å². The van der Waals surface area contributed by atoms with Gasteiger partial charge in [0.15, 0.2) is 0 Å². The van der Waals surface area contributed by atoms with Crippen molar-refractivity contribution in [3.63, 3.8) is 0 Å². The minimum absolute atomic E-state index is 0.0318. The monoisotopic (exact) mass is 434 g/mol. The van der Waals surface area contributed by atoms with Gasteiger partial charge in [-0.1, -0.05) is 73.4 Å². The normalized spacial score (nSPS) is 12.9. The molecule has 0 bridgehead atoms. The molecule has 2 atom stereocenters. The highest BCUT2D eigenvalue weighted by Gasteiger charge is 2.30. The highest BCUT2D eigenvalue weighted by molar-refractivity contribution is 6.42. The Hall–Kier alpha value is -2.04. The zero-order valence-corrected chi connectivity index (χ0v) is 18.6. The first-order valence-corrected chi connectivity index (χ1v) is 10.7. The first kappa shape index (κ1) is 23.2. The van der Waals surface area contributed by atoms with Crippen LogP contribution in [0.25, 0.3) is 0 Å². The minimum Gasteiger partial charge on any atom is -0.352 e. The molecule has 156 valence electrons. The van der Waals surface area contributed by atoms with Crippen LogP contribution in [-0.2, 0) is 22.6 Å². The molecule has 2 amide bonds. The smallest absolute Gasteiger partial charge is 0.243 e. The fraction of sp³-hybridized carbons (Fsp3) is 0.391. The number of nitrogens with zero attached hydrogens (tertiary/aromatic N) is 1. The van der Waals surface area contributed by atoms with Crippen molar-refractivity contribution in [2.24, 2.45) is 0 Å². The van der Waals surface area contributed by atoms with Gasteiger partial charge in [0, 0.05) is 25.4 Å². The van der Waals surface area contributed by atoms with Crippen LogP contribution in [0, 0.1) is 0 Å². The highest BCUT2D eigenvalue weighted by atomic mass is 35.5. The molecule has 1 N–H and O–H groups in total. The molecule has 29 heavy (non-hydrogen) atoms. The second-order valence-electron chi connectivity index (χ2n) is 7.15. The summed E-state index contributed by atoms with van der Waals surface area (Å²) in [4.78, 5) is 27.6. The van der Waals surface area contributed by atoms with Crippen molar-refractivity contribution < 1.29 is 9.59 Å². The third-order valence-electron chi connectivity index (χ3n) is 4.91. The maximum atomic E-state index is 13.1. The molecule has 0 heterocycles. The van der Waals surface area contributed by atoms with E-state index in [4.69, 9.17) is 23.2 Å². The highest BCUT2D eigenvalue weighted by Crippen LogP contribution is 2.24. The second kappa shape index (κ2) is 11.2. The summed E-state index contributed by atoms with van der Waals surface area (Å²) in [5, 5.41) is 3.92. The topological polar surface area (TPSA) is 49.4 Å². The number of rotatable bonds is 9. The molecule has 0 fully saturated rings. The maximum absolute atomic E-state index is 13.1. The number of amides is 2. The van der Waals surface area contributed by atoms with Crippen LogP contribution in [0.2, 0.25) is 10.0 Å². The van der Waals surface area contributed by atoms with E-state index in [2.05, 4.69) is 5.32 Å². The fourth-order valence-corrected chi connectivity index (χ4v) is 3.35. The molecule has 2 aromatic rings. The number of hydrogen-bond acceptors (Lipinski definition) is 2. The Labute approximate surface area is 183 Å². The lowest BCUT2D eigenvalue weighted by atomic mass is 10.0. The molecule has 6 heteroatoms. The minimum atomic E-state index is -0.617. The zero-order valence-electron chi connectivity index (χ0n) is 17.1. The molecule has 2 aromatic carbocycles. The summed E-state index contributed by atoms with van der Waals surface area (Å²) in [6, 6.07) is 14.4. The van der Waals surface area contributed by atoms with Gasteiger partial charge in [-0.15, -0.1) is 0 Å². The number of halogens is 2. The lowest BCUT2D eigenvalue weighted by Gasteiger charge is -2.32. The van der Waals surface area contributed by atoms with Crippen molar-refractivity contribution in [1.82, 2.24) is 10.2 Å². The Morgan fingerprint density at radius 2 is 1.69 bits per heavy atom. The lowest BCUT2D eigenvalue weighted by molar-refractivity contribution is -0.141. The maximum Gasteiger partial charge on any atom is 0.243 e. The molecule has 0 saturated carbocycles. The molecule has 0 unspecified atom stereocenters. The van der Waals surface area contributed by atoms with Gasteiger partial charge in [-0.05, 0) is 36.6 Å². The van der Waals surface area contributed by atoms with Gasteiger partial charge in [-0.25, -0.2) is 0 Å². The van der Waals surface area contributed by atoms with Crippen LogP contribution in [0.5, 0.6) is 0 Å². The molecule has 0 aliphatic rings. The van der Waals surface area contributed by atoms with Crippen LogP contribution in [0.3, 0.4) is 0 Å². The third-order valence-corrected chi connectivity index (χ3v) is 5.65. The summed E-state index contributed by atoms with van der Waals surface area (Å²) < 4.78 is 0. The van der Waals surface area contributed by atoms with Gasteiger partial charge in [0.25, 0.3) is 0 Å². The van der Waals surface area contributed by atoms with Gasteiger partial charge in [0.2, 0.25) is 11.8 Å². The molecule has 2 rings (SSSR count). The van der Waals surface area contributed by atoms with Crippen LogP contribution in [-0.4, -0.2) is 28.8 Å². The van der Waals surface area contributed by atoms with E-state index >= 15 is 0 Å². The second-order valence-corrected chi connectivity index (χ2v) is 7.96. The summed E-state index contributed by atoms with van der Waals surface area (Å²) in [7, 11) is 0. The van der Waals surface area contributed by atoms with Gasteiger partial charge in [-0.2, -0.15) is 0 Å². The third kappa shape index (κ3) is 6.76. The molecule has 0 aliphatic heterocycles. The molecular formula is C23H28Cl2N2O2. The summed E-state index contributed by atoms with van der Waals surface area (Å²) >= 11 is 12.2. The van der Waals surface area contributed by atoms with E-state index in [0.29, 0.717) is 22.9 Å². The molecule has 0 aliphatic carbocycles. The Kier molecular flexibility index (Phi) is 8.99. The van der Waals surface area contributed by atoms with E-state index in [0.717, 1.165) is 17.5 Å². The summed E-state index contributed by atoms with van der Waals surface area (Å²) in [5.74, 6) is -0.235. The quantitative estimate of drug-likeness (QED) is 0.584. The molecule has 0 aromatic heterocycles. The van der Waals surface area contributed by atoms with Gasteiger partial charge >= 0.3 is 0 Å². The van der Waals surface area contributed by atoms with Crippen molar-refractivity contribution in [3.05, 3.63) is 69.7 Å². The summed E-state index contributed by atoms with van der Waals surface area (Å²) in [5.41, 5.74) is 1.83. The summed E-state index contributed by atoms with van der Waals surface area (Å²) in [6.45, 7) is 6.07. The van der Waals surface area contributed by atoms with Gasteiger partial charge in [-0.3, -0.25) is 9.59 Å². The number of carbonyl (C=O) groups excluding carboxylic acids is 2. The van der Waals surface area contributed by atoms with E-state index in [1.165, 1.54) is 0 Å². The Bertz CT molecular complexity index is 827.